The van der Waals surface area contributed by atoms with Gasteiger partial charge in [0, 0.05) is 67.1 Å². The van der Waals surface area contributed by atoms with Gasteiger partial charge < -0.3 is 9.64 Å². The van der Waals surface area contributed by atoms with Crippen molar-refractivity contribution < 1.29 is 4.74 Å². The Hall–Kier alpha value is -3.81. The second kappa shape index (κ2) is 7.22. The molecule has 5 heterocycles. The zero-order valence-corrected chi connectivity index (χ0v) is 16.7. The Kier molecular flexibility index (Phi) is 4.39. The highest BCUT2D eigenvalue weighted by Gasteiger charge is 2.21. The van der Waals surface area contributed by atoms with E-state index < -0.39 is 0 Å². The van der Waals surface area contributed by atoms with E-state index in [4.69, 9.17) is 4.74 Å². The summed E-state index contributed by atoms with van der Waals surface area (Å²) in [6.07, 6.45) is 6.01. The highest BCUT2D eigenvalue weighted by Crippen LogP contribution is 2.28. The molecule has 150 valence electrons. The predicted molar refractivity (Wildman–Crippen MR) is 113 cm³/mol. The molecule has 0 fully saturated rings. The van der Waals surface area contributed by atoms with Gasteiger partial charge in [-0.2, -0.15) is 4.52 Å². The van der Waals surface area contributed by atoms with Gasteiger partial charge in [0.2, 0.25) is 5.88 Å². The van der Waals surface area contributed by atoms with Crippen LogP contribution in [-0.4, -0.2) is 38.2 Å². The number of fused-ring (bicyclic) bond motifs is 2. The van der Waals surface area contributed by atoms with E-state index in [0.29, 0.717) is 18.1 Å². The van der Waals surface area contributed by atoms with Gasteiger partial charge in [-0.05, 0) is 36.2 Å². The monoisotopic (exact) mass is 400 g/mol. The molecule has 8 nitrogen and oxygen atoms in total. The van der Waals surface area contributed by atoms with Gasteiger partial charge in [-0.15, -0.1) is 5.10 Å². The fraction of sp³-hybridized carbons (Fsp3) is 0.227. The number of hydrogen-bond donors (Lipinski definition) is 0. The van der Waals surface area contributed by atoms with Crippen LogP contribution in [0, 0.1) is 6.92 Å². The highest BCUT2D eigenvalue weighted by molar-refractivity contribution is 5.64. The maximum absolute atomic E-state index is 12.2. The van der Waals surface area contributed by atoms with Crippen LogP contribution in [0.1, 0.15) is 16.8 Å². The molecule has 0 aromatic carbocycles. The number of anilines is 1. The fourth-order valence-corrected chi connectivity index (χ4v) is 3.80. The average Bonchev–Trinajstić information content (AvgIpc) is 2.78. The minimum absolute atomic E-state index is 0.186. The predicted octanol–water partition coefficient (Wildman–Crippen LogP) is 2.43. The third-order valence-electron chi connectivity index (χ3n) is 5.36. The van der Waals surface area contributed by atoms with Gasteiger partial charge in [0.05, 0.1) is 7.11 Å². The van der Waals surface area contributed by atoms with E-state index >= 15 is 0 Å². The zero-order chi connectivity index (χ0) is 20.7. The van der Waals surface area contributed by atoms with Gasteiger partial charge in [0.15, 0.2) is 11.5 Å². The number of rotatable bonds is 3. The van der Waals surface area contributed by atoms with E-state index in [9.17, 15) is 4.79 Å². The van der Waals surface area contributed by atoms with Crippen LogP contribution in [0.25, 0.3) is 16.8 Å². The Balaban J connectivity index is 1.50. The van der Waals surface area contributed by atoms with E-state index in [2.05, 4.69) is 31.0 Å². The van der Waals surface area contributed by atoms with Gasteiger partial charge in [-0.1, -0.05) is 0 Å². The summed E-state index contributed by atoms with van der Waals surface area (Å²) in [5, 5.41) is 4.59. The van der Waals surface area contributed by atoms with E-state index in [0.717, 1.165) is 46.7 Å². The summed E-state index contributed by atoms with van der Waals surface area (Å²) >= 11 is 0. The van der Waals surface area contributed by atoms with Crippen molar-refractivity contribution in [1.82, 2.24) is 24.6 Å². The van der Waals surface area contributed by atoms with E-state index in [1.165, 1.54) is 16.8 Å². The molecule has 0 bridgehead atoms. The molecular formula is C22H20N6O2. The lowest BCUT2D eigenvalue weighted by Gasteiger charge is -2.30. The molecule has 0 aliphatic carbocycles. The van der Waals surface area contributed by atoms with Gasteiger partial charge in [-0.3, -0.25) is 9.78 Å². The molecule has 30 heavy (non-hydrogen) atoms. The minimum atomic E-state index is -0.186. The molecular weight excluding hydrogens is 380 g/mol. The number of pyridine rings is 2. The lowest BCUT2D eigenvalue weighted by atomic mass is 10.0. The summed E-state index contributed by atoms with van der Waals surface area (Å²) in [7, 11) is 1.60. The summed E-state index contributed by atoms with van der Waals surface area (Å²) < 4.78 is 6.50. The van der Waals surface area contributed by atoms with Crippen molar-refractivity contribution in [2.45, 2.75) is 19.9 Å². The van der Waals surface area contributed by atoms with Gasteiger partial charge in [0.1, 0.15) is 0 Å². The number of aryl methyl sites for hydroxylation is 1. The molecule has 0 saturated heterocycles. The highest BCUT2D eigenvalue weighted by atomic mass is 16.5. The molecule has 0 saturated carbocycles. The first-order valence-electron chi connectivity index (χ1n) is 9.71. The molecule has 5 rings (SSSR count). The zero-order valence-electron chi connectivity index (χ0n) is 16.7. The summed E-state index contributed by atoms with van der Waals surface area (Å²) in [6, 6.07) is 9.29. The summed E-state index contributed by atoms with van der Waals surface area (Å²) in [4.78, 5) is 27.6. The van der Waals surface area contributed by atoms with Gasteiger partial charge >= 0.3 is 0 Å². The Labute approximate surface area is 172 Å². The van der Waals surface area contributed by atoms with Crippen molar-refractivity contribution in [2.75, 3.05) is 18.6 Å². The topological polar surface area (TPSA) is 85.5 Å². The standard InChI is InChI=1S/C22H20N6O2/c1-14-9-19-23-7-5-21(29)28(19)26-22(14)27-8-6-18-17(13-27)10-16(12-24-18)15-3-4-20(30-2)25-11-15/h3-5,7,9-12H,6,8,13H2,1-2H3. The molecule has 0 N–H and O–H groups in total. The maximum atomic E-state index is 12.2. The molecule has 0 unspecified atom stereocenters. The number of ether oxygens (including phenoxy) is 1. The van der Waals surface area contributed by atoms with Crippen LogP contribution < -0.4 is 15.2 Å². The lowest BCUT2D eigenvalue weighted by molar-refractivity contribution is 0.398. The van der Waals surface area contributed by atoms with Crippen molar-refractivity contribution in [1.29, 1.82) is 0 Å². The summed E-state index contributed by atoms with van der Waals surface area (Å²) in [5.41, 5.74) is 5.59. The molecule has 4 aromatic rings. The molecule has 1 aliphatic rings. The average molecular weight is 400 g/mol. The molecule has 0 spiro atoms. The molecule has 0 amide bonds. The SMILES string of the molecule is COc1ccc(-c2cnc3c(c2)CN(c2nn4c(=O)ccnc4cc2C)CC3)cn1. The minimum Gasteiger partial charge on any atom is -0.481 e. The third-order valence-corrected chi connectivity index (χ3v) is 5.36. The van der Waals surface area contributed by atoms with Crippen LogP contribution in [-0.2, 0) is 13.0 Å². The van der Waals surface area contributed by atoms with Crippen LogP contribution in [0.4, 0.5) is 5.82 Å². The Bertz CT molecular complexity index is 1300. The van der Waals surface area contributed by atoms with Gasteiger partial charge in [0.25, 0.3) is 5.56 Å². The second-order valence-electron chi connectivity index (χ2n) is 7.29. The lowest BCUT2D eigenvalue weighted by Crippen LogP contribution is -2.33. The fourth-order valence-electron chi connectivity index (χ4n) is 3.80. The van der Waals surface area contributed by atoms with Crippen molar-refractivity contribution >= 4 is 11.5 Å². The molecule has 0 atom stereocenters. The Morgan fingerprint density at radius 3 is 2.70 bits per heavy atom. The third kappa shape index (κ3) is 3.16. The van der Waals surface area contributed by atoms with E-state index in [1.54, 1.807) is 13.3 Å². The Morgan fingerprint density at radius 1 is 1.03 bits per heavy atom. The molecule has 4 aromatic heterocycles. The quantitative estimate of drug-likeness (QED) is 0.522. The largest absolute Gasteiger partial charge is 0.481 e. The summed E-state index contributed by atoms with van der Waals surface area (Å²) in [5.74, 6) is 1.37. The van der Waals surface area contributed by atoms with Crippen LogP contribution in [0.3, 0.4) is 0 Å². The first-order valence-corrected chi connectivity index (χ1v) is 9.71. The number of hydrogen-bond acceptors (Lipinski definition) is 7. The number of aromatic nitrogens is 5. The second-order valence-corrected chi connectivity index (χ2v) is 7.29. The van der Waals surface area contributed by atoms with Crippen molar-refractivity contribution in [3.63, 3.8) is 0 Å². The normalized spacial score (nSPS) is 13.3. The Morgan fingerprint density at radius 2 is 1.90 bits per heavy atom. The van der Waals surface area contributed by atoms with Crippen molar-refractivity contribution in [3.05, 3.63) is 76.1 Å². The van der Waals surface area contributed by atoms with Crippen molar-refractivity contribution in [2.24, 2.45) is 0 Å². The smallest absolute Gasteiger partial charge is 0.274 e. The maximum Gasteiger partial charge on any atom is 0.274 e. The van der Waals surface area contributed by atoms with E-state index in [1.807, 2.05) is 31.3 Å². The number of methoxy groups -OCH3 is 1. The number of nitrogens with zero attached hydrogens (tertiary/aromatic N) is 6. The summed E-state index contributed by atoms with van der Waals surface area (Å²) in [6.45, 7) is 3.46. The van der Waals surface area contributed by atoms with Crippen LogP contribution >= 0.6 is 0 Å². The molecule has 1 aliphatic heterocycles. The van der Waals surface area contributed by atoms with Crippen molar-refractivity contribution in [3.8, 4) is 17.0 Å². The molecule has 0 radical (unpaired) electrons. The molecule has 8 heteroatoms. The first-order chi connectivity index (χ1) is 14.6. The van der Waals surface area contributed by atoms with Crippen LogP contribution in [0.2, 0.25) is 0 Å². The first kappa shape index (κ1) is 18.2. The van der Waals surface area contributed by atoms with Crippen LogP contribution in [0.5, 0.6) is 5.88 Å². The van der Waals surface area contributed by atoms with Gasteiger partial charge in [-0.25, -0.2) is 9.97 Å². The van der Waals surface area contributed by atoms with Crippen LogP contribution in [0.15, 0.2) is 53.7 Å². The van der Waals surface area contributed by atoms with E-state index in [-0.39, 0.29) is 5.56 Å².